The van der Waals surface area contributed by atoms with Gasteiger partial charge in [-0.3, -0.25) is 4.79 Å². The number of nitrogens with one attached hydrogen (secondary N) is 1. The Morgan fingerprint density at radius 2 is 2.44 bits per heavy atom. The van der Waals surface area contributed by atoms with Crippen LogP contribution in [0.5, 0.6) is 5.75 Å². The number of benzene rings is 1. The van der Waals surface area contributed by atoms with Gasteiger partial charge in [0.1, 0.15) is 24.1 Å². The lowest BCUT2D eigenvalue weighted by molar-refractivity contribution is -0.114. The van der Waals surface area contributed by atoms with Crippen LogP contribution in [0.4, 0.5) is 10.1 Å². The minimum Gasteiger partial charge on any atom is -0.488 e. The number of ether oxygens (including phenoxy) is 2. The second-order valence-corrected chi connectivity index (χ2v) is 3.56. The first-order chi connectivity index (χ1) is 7.66. The van der Waals surface area contributed by atoms with Crippen molar-refractivity contribution in [1.29, 1.82) is 0 Å². The third kappa shape index (κ3) is 2.70. The topological polar surface area (TPSA) is 50.9 Å². The van der Waals surface area contributed by atoms with Crippen LogP contribution in [-0.4, -0.2) is 25.2 Å². The van der Waals surface area contributed by atoms with E-state index in [-0.39, 0.29) is 17.7 Å². The molecule has 86 valence electrons. The van der Waals surface area contributed by atoms with Gasteiger partial charge in [-0.15, -0.1) is 0 Å². The minimum absolute atomic E-state index is 0.0793. The summed E-state index contributed by atoms with van der Waals surface area (Å²) in [5.74, 6) is -0.521. The van der Waals surface area contributed by atoms with Crippen LogP contribution in [0.3, 0.4) is 0 Å². The van der Waals surface area contributed by atoms with E-state index in [2.05, 4.69) is 5.32 Å². The van der Waals surface area contributed by atoms with Gasteiger partial charge in [0.25, 0.3) is 0 Å². The summed E-state index contributed by atoms with van der Waals surface area (Å²) in [7, 11) is 0. The Bertz CT molecular complexity index is 404. The average molecular weight is 225 g/mol. The van der Waals surface area contributed by atoms with Crippen molar-refractivity contribution in [2.45, 2.75) is 13.0 Å². The maximum absolute atomic E-state index is 13.4. The summed E-state index contributed by atoms with van der Waals surface area (Å²) in [6.07, 6.45) is 0.0912. The van der Waals surface area contributed by atoms with Gasteiger partial charge in [-0.1, -0.05) is 6.07 Å². The van der Waals surface area contributed by atoms with E-state index in [1.165, 1.54) is 19.1 Å². The summed E-state index contributed by atoms with van der Waals surface area (Å²) in [4.78, 5) is 10.9. The molecule has 2 rings (SSSR count). The van der Waals surface area contributed by atoms with E-state index in [0.717, 1.165) is 0 Å². The molecule has 1 saturated heterocycles. The molecule has 0 spiro atoms. The van der Waals surface area contributed by atoms with Crippen molar-refractivity contribution in [2.24, 2.45) is 0 Å². The first kappa shape index (κ1) is 10.9. The molecule has 1 heterocycles. The molecule has 0 aromatic heterocycles. The predicted molar refractivity (Wildman–Crippen MR) is 55.9 cm³/mol. The van der Waals surface area contributed by atoms with Crippen LogP contribution < -0.4 is 10.1 Å². The Morgan fingerprint density at radius 1 is 1.69 bits per heavy atom. The SMILES string of the molecule is CC(=O)Nc1c(F)cccc1OCC1CO1. The molecule has 16 heavy (non-hydrogen) atoms. The Hall–Kier alpha value is -1.62. The first-order valence-electron chi connectivity index (χ1n) is 4.97. The van der Waals surface area contributed by atoms with Gasteiger partial charge in [-0.2, -0.15) is 0 Å². The van der Waals surface area contributed by atoms with E-state index < -0.39 is 5.82 Å². The zero-order chi connectivity index (χ0) is 11.5. The summed E-state index contributed by atoms with van der Waals surface area (Å²) in [5, 5.41) is 2.41. The number of epoxide rings is 1. The van der Waals surface area contributed by atoms with Crippen LogP contribution in [-0.2, 0) is 9.53 Å². The molecule has 5 heteroatoms. The molecular formula is C11H12FNO3. The molecule has 4 nitrogen and oxygen atoms in total. The summed E-state index contributed by atoms with van der Waals surface area (Å²) in [6.45, 7) is 2.36. The Balaban J connectivity index is 2.13. The lowest BCUT2D eigenvalue weighted by Crippen LogP contribution is -2.11. The van der Waals surface area contributed by atoms with Crippen LogP contribution in [0, 0.1) is 5.82 Å². The quantitative estimate of drug-likeness (QED) is 0.791. The van der Waals surface area contributed by atoms with E-state index >= 15 is 0 Å². The molecule has 0 radical (unpaired) electrons. The normalized spacial score (nSPS) is 18.0. The van der Waals surface area contributed by atoms with Crippen molar-refractivity contribution in [1.82, 2.24) is 0 Å². The maximum Gasteiger partial charge on any atom is 0.221 e. The Morgan fingerprint density at radius 3 is 3.06 bits per heavy atom. The van der Waals surface area contributed by atoms with E-state index in [4.69, 9.17) is 9.47 Å². The van der Waals surface area contributed by atoms with E-state index in [1.807, 2.05) is 0 Å². The first-order valence-corrected chi connectivity index (χ1v) is 4.97. The predicted octanol–water partition coefficient (Wildman–Crippen LogP) is 1.56. The number of hydrogen-bond acceptors (Lipinski definition) is 3. The number of carbonyl (C=O) groups excluding carboxylic acids is 1. The van der Waals surface area contributed by atoms with Crippen LogP contribution in [0.2, 0.25) is 0 Å². The molecule has 1 fully saturated rings. The summed E-state index contributed by atoms with van der Waals surface area (Å²) in [6, 6.07) is 4.41. The monoisotopic (exact) mass is 225 g/mol. The number of hydrogen-bond donors (Lipinski definition) is 1. The molecule has 1 amide bonds. The standard InChI is InChI=1S/C11H12FNO3/c1-7(14)13-11-9(12)3-2-4-10(11)16-6-8-5-15-8/h2-4,8H,5-6H2,1H3,(H,13,14). The lowest BCUT2D eigenvalue weighted by atomic mass is 10.2. The van der Waals surface area contributed by atoms with Crippen molar-refractivity contribution in [2.75, 3.05) is 18.5 Å². The number of para-hydroxylation sites is 1. The maximum atomic E-state index is 13.4. The number of halogens is 1. The molecule has 1 aromatic rings. The largest absolute Gasteiger partial charge is 0.488 e. The van der Waals surface area contributed by atoms with E-state index in [1.54, 1.807) is 6.07 Å². The molecule has 0 saturated carbocycles. The molecule has 1 unspecified atom stereocenters. The minimum atomic E-state index is -0.510. The Labute approximate surface area is 92.4 Å². The molecule has 0 bridgehead atoms. The van der Waals surface area contributed by atoms with Crippen molar-refractivity contribution in [3.63, 3.8) is 0 Å². The van der Waals surface area contributed by atoms with Gasteiger partial charge < -0.3 is 14.8 Å². The van der Waals surface area contributed by atoms with Gasteiger partial charge in [0, 0.05) is 6.92 Å². The van der Waals surface area contributed by atoms with Crippen molar-refractivity contribution in [3.05, 3.63) is 24.0 Å². The highest BCUT2D eigenvalue weighted by atomic mass is 19.1. The number of amides is 1. The van der Waals surface area contributed by atoms with Crippen LogP contribution in [0.1, 0.15) is 6.92 Å². The molecular weight excluding hydrogens is 213 g/mol. The van der Waals surface area contributed by atoms with Crippen molar-refractivity contribution >= 4 is 11.6 Å². The highest BCUT2D eigenvalue weighted by molar-refractivity contribution is 5.90. The summed E-state index contributed by atoms with van der Waals surface area (Å²) in [5.41, 5.74) is 0.0793. The lowest BCUT2D eigenvalue weighted by Gasteiger charge is -2.11. The van der Waals surface area contributed by atoms with Gasteiger partial charge in [-0.05, 0) is 12.1 Å². The van der Waals surface area contributed by atoms with Crippen LogP contribution in [0.25, 0.3) is 0 Å². The molecule has 1 atom stereocenters. The molecule has 0 aliphatic carbocycles. The Kier molecular flexibility index (Phi) is 3.05. The van der Waals surface area contributed by atoms with E-state index in [9.17, 15) is 9.18 Å². The fraction of sp³-hybridized carbons (Fsp3) is 0.364. The van der Waals surface area contributed by atoms with Gasteiger partial charge in [0.05, 0.1) is 6.61 Å². The van der Waals surface area contributed by atoms with E-state index in [0.29, 0.717) is 19.0 Å². The number of anilines is 1. The van der Waals surface area contributed by atoms with Gasteiger partial charge in [0.15, 0.2) is 5.82 Å². The van der Waals surface area contributed by atoms with Crippen molar-refractivity contribution < 1.29 is 18.7 Å². The van der Waals surface area contributed by atoms with Gasteiger partial charge in [-0.25, -0.2) is 4.39 Å². The third-order valence-electron chi connectivity index (χ3n) is 2.10. The van der Waals surface area contributed by atoms with Gasteiger partial charge >= 0.3 is 0 Å². The zero-order valence-corrected chi connectivity index (χ0v) is 8.83. The highest BCUT2D eigenvalue weighted by Crippen LogP contribution is 2.28. The fourth-order valence-electron chi connectivity index (χ4n) is 1.27. The molecule has 1 aliphatic heterocycles. The fourth-order valence-corrected chi connectivity index (χ4v) is 1.27. The number of rotatable bonds is 4. The van der Waals surface area contributed by atoms with Gasteiger partial charge in [0.2, 0.25) is 5.91 Å². The average Bonchev–Trinajstić information content (AvgIpc) is 3.02. The third-order valence-corrected chi connectivity index (χ3v) is 2.10. The molecule has 1 aliphatic rings. The second-order valence-electron chi connectivity index (χ2n) is 3.56. The molecule has 1 aromatic carbocycles. The zero-order valence-electron chi connectivity index (χ0n) is 8.83. The number of carbonyl (C=O) groups is 1. The summed E-state index contributed by atoms with van der Waals surface area (Å²) >= 11 is 0. The van der Waals surface area contributed by atoms with Crippen LogP contribution >= 0.6 is 0 Å². The van der Waals surface area contributed by atoms with Crippen LogP contribution in [0.15, 0.2) is 18.2 Å². The van der Waals surface area contributed by atoms with Crippen molar-refractivity contribution in [3.8, 4) is 5.75 Å². The second kappa shape index (κ2) is 4.49. The summed E-state index contributed by atoms with van der Waals surface area (Å²) < 4.78 is 23.8. The molecule has 1 N–H and O–H groups in total. The smallest absolute Gasteiger partial charge is 0.221 e. The highest BCUT2D eigenvalue weighted by Gasteiger charge is 2.24.